The SMILES string of the molecule is CN(C(=O)C(F)(F)F)[C@H]1C[C@@]23CC[C@@]4(O2)C(=CC[C@]2(C)[C@@H](O[Si](C)(C)C(C)(C)C)CC[C@H]24)C=C3[C@@H](OC(=O)c2ccccc2)C1=O. The van der Waals surface area contributed by atoms with Gasteiger partial charge in [0.05, 0.1) is 28.9 Å². The fraction of sp³-hybridized carbons (Fsp3) is 0.629. The molecule has 6 rings (SSSR count). The van der Waals surface area contributed by atoms with Gasteiger partial charge >= 0.3 is 18.1 Å². The molecule has 2 spiro atoms. The molecule has 1 aromatic rings. The summed E-state index contributed by atoms with van der Waals surface area (Å²) in [7, 11) is -1.11. The molecule has 3 aliphatic carbocycles. The third-order valence-electron chi connectivity index (χ3n) is 12.1. The van der Waals surface area contributed by atoms with Crippen molar-refractivity contribution in [2.45, 2.75) is 120 Å². The Morgan fingerprint density at radius 3 is 2.37 bits per heavy atom. The highest BCUT2D eigenvalue weighted by atomic mass is 28.4. The van der Waals surface area contributed by atoms with Gasteiger partial charge in [0.15, 0.2) is 20.2 Å². The van der Waals surface area contributed by atoms with Crippen LogP contribution in [-0.2, 0) is 23.5 Å². The van der Waals surface area contributed by atoms with Crippen molar-refractivity contribution in [2.24, 2.45) is 11.3 Å². The maximum absolute atomic E-state index is 14.0. The largest absolute Gasteiger partial charge is 0.471 e. The van der Waals surface area contributed by atoms with E-state index in [1.54, 1.807) is 30.3 Å². The monoisotopic (exact) mass is 659 g/mol. The topological polar surface area (TPSA) is 82.1 Å². The fourth-order valence-corrected chi connectivity index (χ4v) is 9.95. The van der Waals surface area contributed by atoms with Gasteiger partial charge in [0.2, 0.25) is 0 Å². The summed E-state index contributed by atoms with van der Waals surface area (Å²) in [4.78, 5) is 40.1. The van der Waals surface area contributed by atoms with Gasteiger partial charge in [0, 0.05) is 30.4 Å². The number of nitrogens with zero attached hydrogens (tertiary/aromatic N) is 1. The number of likely N-dealkylation sites (N-methyl/N-ethyl adjacent to an activating group) is 1. The minimum atomic E-state index is -5.17. The molecule has 2 bridgehead atoms. The van der Waals surface area contributed by atoms with E-state index < -0.39 is 55.5 Å². The van der Waals surface area contributed by atoms with Gasteiger partial charge in [-0.1, -0.05) is 58.0 Å². The van der Waals surface area contributed by atoms with E-state index in [9.17, 15) is 27.6 Å². The molecule has 7 atom stereocenters. The summed E-state index contributed by atoms with van der Waals surface area (Å²) in [5.41, 5.74) is -0.529. The van der Waals surface area contributed by atoms with Gasteiger partial charge < -0.3 is 18.8 Å². The second-order valence-electron chi connectivity index (χ2n) is 15.6. The summed E-state index contributed by atoms with van der Waals surface area (Å²) in [6, 6.07) is 6.63. The van der Waals surface area contributed by atoms with Crippen LogP contribution in [0.25, 0.3) is 0 Å². The van der Waals surface area contributed by atoms with Crippen molar-refractivity contribution in [3.8, 4) is 0 Å². The maximum Gasteiger partial charge on any atom is 0.471 e. The normalized spacial score (nSPS) is 35.4. The number of rotatable bonds is 5. The molecule has 1 amide bonds. The first kappa shape index (κ1) is 33.1. The Morgan fingerprint density at radius 1 is 1.07 bits per heavy atom. The molecule has 0 N–H and O–H groups in total. The Balaban J connectivity index is 1.40. The second kappa shape index (κ2) is 10.6. The van der Waals surface area contributed by atoms with E-state index in [0.29, 0.717) is 23.3 Å². The zero-order chi connectivity index (χ0) is 33.7. The molecule has 250 valence electrons. The number of esters is 1. The van der Waals surface area contributed by atoms with E-state index in [1.807, 2.05) is 6.08 Å². The Bertz CT molecular complexity index is 1520. The number of amides is 1. The maximum atomic E-state index is 14.0. The van der Waals surface area contributed by atoms with Gasteiger partial charge in [-0.15, -0.1) is 0 Å². The van der Waals surface area contributed by atoms with Crippen molar-refractivity contribution >= 4 is 26.0 Å². The zero-order valence-electron chi connectivity index (χ0n) is 27.6. The highest BCUT2D eigenvalue weighted by Crippen LogP contribution is 2.67. The van der Waals surface area contributed by atoms with Gasteiger partial charge in [0.1, 0.15) is 0 Å². The molecule has 46 heavy (non-hydrogen) atoms. The molecule has 2 heterocycles. The quantitative estimate of drug-likeness (QED) is 0.252. The highest BCUT2D eigenvalue weighted by molar-refractivity contribution is 6.74. The van der Waals surface area contributed by atoms with Gasteiger partial charge in [-0.25, -0.2) is 4.79 Å². The zero-order valence-corrected chi connectivity index (χ0v) is 28.6. The summed E-state index contributed by atoms with van der Waals surface area (Å²) < 4.78 is 60.9. The molecule has 3 fully saturated rings. The number of allylic oxidation sites excluding steroid dienone is 1. The summed E-state index contributed by atoms with van der Waals surface area (Å²) >= 11 is 0. The summed E-state index contributed by atoms with van der Waals surface area (Å²) in [5, 5.41) is 0.0432. The number of ether oxygens (including phenoxy) is 2. The van der Waals surface area contributed by atoms with Crippen LogP contribution in [0.2, 0.25) is 18.1 Å². The third kappa shape index (κ3) is 4.94. The van der Waals surface area contributed by atoms with Crippen molar-refractivity contribution in [3.05, 3.63) is 59.2 Å². The lowest BCUT2D eigenvalue weighted by atomic mass is 9.60. The predicted octanol–water partition coefficient (Wildman–Crippen LogP) is 6.94. The van der Waals surface area contributed by atoms with E-state index in [-0.39, 0.29) is 34.5 Å². The van der Waals surface area contributed by atoms with Gasteiger partial charge in [-0.2, -0.15) is 13.2 Å². The minimum absolute atomic E-state index is 0.0342. The Hall–Kier alpha value is -2.76. The molecule has 11 heteroatoms. The Morgan fingerprint density at radius 2 is 1.74 bits per heavy atom. The van der Waals surface area contributed by atoms with Crippen molar-refractivity contribution in [3.63, 3.8) is 0 Å². The number of benzene rings is 1. The van der Waals surface area contributed by atoms with Crippen molar-refractivity contribution in [1.29, 1.82) is 0 Å². The van der Waals surface area contributed by atoms with Crippen LogP contribution < -0.4 is 0 Å². The molecule has 2 aliphatic heterocycles. The number of hydrogen-bond acceptors (Lipinski definition) is 6. The van der Waals surface area contributed by atoms with E-state index in [2.05, 4.69) is 46.9 Å². The van der Waals surface area contributed by atoms with Crippen LogP contribution >= 0.6 is 0 Å². The van der Waals surface area contributed by atoms with Crippen molar-refractivity contribution in [2.75, 3.05) is 7.05 Å². The van der Waals surface area contributed by atoms with Gasteiger partial charge in [0.25, 0.3) is 0 Å². The average Bonchev–Trinajstić information content (AvgIpc) is 3.47. The first-order valence-corrected chi connectivity index (χ1v) is 19.1. The van der Waals surface area contributed by atoms with Gasteiger partial charge in [-0.05, 0) is 67.9 Å². The first-order valence-electron chi connectivity index (χ1n) is 16.2. The van der Waals surface area contributed by atoms with Crippen LogP contribution in [0.5, 0.6) is 0 Å². The van der Waals surface area contributed by atoms with E-state index in [4.69, 9.17) is 13.9 Å². The number of hydrogen-bond donors (Lipinski definition) is 0. The number of fused-ring (bicyclic) bond motifs is 1. The number of alkyl halides is 3. The molecule has 2 saturated carbocycles. The molecule has 1 saturated heterocycles. The molecular weight excluding hydrogens is 615 g/mol. The van der Waals surface area contributed by atoms with Crippen LogP contribution in [0.4, 0.5) is 13.2 Å². The number of carbonyl (C=O) groups excluding carboxylic acids is 3. The minimum Gasteiger partial charge on any atom is -0.446 e. The molecule has 1 aromatic carbocycles. The standard InChI is InChI=1S/C35H44F3NO6Si/c1-31(2,3)46(6,7)44-26-14-13-25-32(26,4)16-15-22-19-23-28(43-29(41)21-11-9-8-10-12-21)27(40)24(39(5)30(42)35(36,37)38)20-33(23)17-18-34(22,25)45-33/h8-12,15,19,24-26,28H,13-14,16-18,20H2,1-7H3/t24-,25+,26-,28+,32-,33+,34+/m0/s1. The van der Waals surface area contributed by atoms with Crippen LogP contribution in [0.15, 0.2) is 53.6 Å². The summed E-state index contributed by atoms with van der Waals surface area (Å²) in [6.45, 7) is 13.5. The van der Waals surface area contributed by atoms with Crippen molar-refractivity contribution < 1.29 is 41.5 Å². The van der Waals surface area contributed by atoms with Crippen molar-refractivity contribution in [1.82, 2.24) is 4.90 Å². The van der Waals surface area contributed by atoms with E-state index in [1.165, 1.54) is 0 Å². The number of ketones is 1. The number of halogens is 3. The lowest BCUT2D eigenvalue weighted by Gasteiger charge is -2.55. The van der Waals surface area contributed by atoms with E-state index in [0.717, 1.165) is 31.9 Å². The smallest absolute Gasteiger partial charge is 0.446 e. The summed E-state index contributed by atoms with van der Waals surface area (Å²) in [6.07, 6.45) is 0.826. The van der Waals surface area contributed by atoms with Crippen LogP contribution in [0, 0.1) is 11.3 Å². The van der Waals surface area contributed by atoms with Crippen LogP contribution in [-0.4, -0.2) is 73.6 Å². The first-order chi connectivity index (χ1) is 21.3. The molecule has 0 aromatic heterocycles. The fourth-order valence-electron chi connectivity index (χ4n) is 8.50. The average molecular weight is 660 g/mol. The molecule has 5 aliphatic rings. The molecule has 7 nitrogen and oxygen atoms in total. The van der Waals surface area contributed by atoms with Gasteiger partial charge in [-0.3, -0.25) is 9.59 Å². The third-order valence-corrected chi connectivity index (χ3v) is 16.6. The predicted molar refractivity (Wildman–Crippen MR) is 167 cm³/mol. The van der Waals surface area contributed by atoms with Crippen LogP contribution in [0.3, 0.4) is 0 Å². The van der Waals surface area contributed by atoms with E-state index >= 15 is 0 Å². The summed E-state index contributed by atoms with van der Waals surface area (Å²) in [5.74, 6) is -3.59. The lowest BCUT2D eigenvalue weighted by molar-refractivity contribution is -0.191. The second-order valence-corrected chi connectivity index (χ2v) is 20.4. The number of Topliss-reactive ketones (excluding diaryl/α,β-unsaturated/α-hetero) is 1. The molecular formula is C35H44F3NO6Si. The molecule has 0 unspecified atom stereocenters. The Kier molecular flexibility index (Phi) is 7.65. The highest BCUT2D eigenvalue weighted by Gasteiger charge is 2.70. The lowest BCUT2D eigenvalue weighted by Crippen LogP contribution is -2.63. The van der Waals surface area contributed by atoms with Crippen LogP contribution in [0.1, 0.15) is 76.6 Å². The Labute approximate surface area is 269 Å². The molecule has 0 radical (unpaired) electrons. The number of carbonyl (C=O) groups is 3.